The van der Waals surface area contributed by atoms with E-state index in [0.29, 0.717) is 18.0 Å². The van der Waals surface area contributed by atoms with Crippen molar-refractivity contribution in [2.45, 2.75) is 12.6 Å². The molecule has 2 aromatic rings. The summed E-state index contributed by atoms with van der Waals surface area (Å²) >= 11 is 0. The molecule has 0 aliphatic heterocycles. The van der Waals surface area contributed by atoms with Gasteiger partial charge in [0.25, 0.3) is 0 Å². The molecule has 5 heteroatoms. The van der Waals surface area contributed by atoms with Crippen LogP contribution in [0.5, 0.6) is 5.75 Å². The molecule has 2 aromatic carbocycles. The Morgan fingerprint density at radius 2 is 1.76 bits per heavy atom. The summed E-state index contributed by atoms with van der Waals surface area (Å²) < 4.78 is 5.63. The van der Waals surface area contributed by atoms with Gasteiger partial charge in [-0.25, -0.2) is 4.79 Å². The first-order valence-corrected chi connectivity index (χ1v) is 6.56. The van der Waals surface area contributed by atoms with Crippen LogP contribution in [0, 0.1) is 0 Å². The molecular weight excluding hydrogens is 270 g/mol. The van der Waals surface area contributed by atoms with Crippen LogP contribution in [0.3, 0.4) is 0 Å². The van der Waals surface area contributed by atoms with E-state index in [4.69, 9.17) is 14.9 Å². The standard InChI is InChI=1S/C16H17NO4/c18-10-15(16(19)20)17-13-6-8-14(9-7-13)21-11-12-4-2-1-3-5-12/h1-9,15,17-18H,10-11H2,(H,19,20)/t15-/m0/s1. The van der Waals surface area contributed by atoms with Crippen molar-refractivity contribution < 1.29 is 19.7 Å². The number of hydrogen-bond acceptors (Lipinski definition) is 4. The SMILES string of the molecule is O=C(O)[C@H](CO)Nc1ccc(OCc2ccccc2)cc1. The van der Waals surface area contributed by atoms with E-state index in [1.807, 2.05) is 30.3 Å². The molecule has 0 aliphatic carbocycles. The molecule has 0 aromatic heterocycles. The molecule has 0 saturated carbocycles. The fraction of sp³-hybridized carbons (Fsp3) is 0.188. The van der Waals surface area contributed by atoms with E-state index in [1.165, 1.54) is 0 Å². The van der Waals surface area contributed by atoms with Crippen LogP contribution in [0.15, 0.2) is 54.6 Å². The third-order valence-electron chi connectivity index (χ3n) is 2.92. The third-order valence-corrected chi connectivity index (χ3v) is 2.92. The van der Waals surface area contributed by atoms with Crippen LogP contribution in [-0.2, 0) is 11.4 Å². The summed E-state index contributed by atoms with van der Waals surface area (Å²) in [4.78, 5) is 10.8. The van der Waals surface area contributed by atoms with Crippen LogP contribution in [0.4, 0.5) is 5.69 Å². The Kier molecular flexibility index (Phi) is 5.17. The van der Waals surface area contributed by atoms with Crippen LogP contribution in [0.1, 0.15) is 5.56 Å². The summed E-state index contributed by atoms with van der Waals surface area (Å²) in [6, 6.07) is 15.7. The molecular formula is C16H17NO4. The third kappa shape index (κ3) is 4.50. The average Bonchev–Trinajstić information content (AvgIpc) is 2.52. The molecule has 0 heterocycles. The molecule has 3 N–H and O–H groups in total. The van der Waals surface area contributed by atoms with Crippen molar-refractivity contribution >= 4 is 11.7 Å². The first-order valence-electron chi connectivity index (χ1n) is 6.56. The minimum absolute atomic E-state index is 0.471. The van der Waals surface area contributed by atoms with Crippen molar-refractivity contribution in [1.82, 2.24) is 0 Å². The number of hydrogen-bond donors (Lipinski definition) is 3. The zero-order valence-electron chi connectivity index (χ0n) is 11.4. The lowest BCUT2D eigenvalue weighted by Gasteiger charge is -2.13. The summed E-state index contributed by atoms with van der Waals surface area (Å²) in [7, 11) is 0. The maximum absolute atomic E-state index is 10.8. The molecule has 0 unspecified atom stereocenters. The number of carboxylic acids is 1. The maximum Gasteiger partial charge on any atom is 0.328 e. The van der Waals surface area contributed by atoms with Gasteiger partial charge in [-0.1, -0.05) is 30.3 Å². The van der Waals surface area contributed by atoms with Crippen LogP contribution >= 0.6 is 0 Å². The van der Waals surface area contributed by atoms with E-state index >= 15 is 0 Å². The Bertz CT molecular complexity index is 569. The minimum Gasteiger partial charge on any atom is -0.489 e. The van der Waals surface area contributed by atoms with Gasteiger partial charge in [0.2, 0.25) is 0 Å². The second-order valence-electron chi connectivity index (χ2n) is 4.52. The second kappa shape index (κ2) is 7.31. The molecule has 5 nitrogen and oxygen atoms in total. The van der Waals surface area contributed by atoms with Crippen LogP contribution in [0.2, 0.25) is 0 Å². The Labute approximate surface area is 122 Å². The lowest BCUT2D eigenvalue weighted by Crippen LogP contribution is -2.32. The molecule has 21 heavy (non-hydrogen) atoms. The monoisotopic (exact) mass is 287 g/mol. The van der Waals surface area contributed by atoms with Gasteiger partial charge in [-0.2, -0.15) is 0 Å². The van der Waals surface area contributed by atoms with Gasteiger partial charge in [-0.15, -0.1) is 0 Å². The van der Waals surface area contributed by atoms with Gasteiger partial charge in [-0.3, -0.25) is 0 Å². The van der Waals surface area contributed by atoms with E-state index in [0.717, 1.165) is 5.56 Å². The van der Waals surface area contributed by atoms with E-state index in [1.54, 1.807) is 24.3 Å². The number of benzene rings is 2. The smallest absolute Gasteiger partial charge is 0.328 e. The highest BCUT2D eigenvalue weighted by Gasteiger charge is 2.15. The zero-order chi connectivity index (χ0) is 15.1. The highest BCUT2D eigenvalue weighted by Crippen LogP contribution is 2.17. The molecule has 0 amide bonds. The van der Waals surface area contributed by atoms with E-state index in [2.05, 4.69) is 5.32 Å². The van der Waals surface area contributed by atoms with Crippen molar-refractivity contribution in [3.63, 3.8) is 0 Å². The second-order valence-corrected chi connectivity index (χ2v) is 4.52. The molecule has 2 rings (SSSR count). The van der Waals surface area contributed by atoms with Gasteiger partial charge < -0.3 is 20.3 Å². The highest BCUT2D eigenvalue weighted by atomic mass is 16.5. The molecule has 0 radical (unpaired) electrons. The predicted molar refractivity (Wildman–Crippen MR) is 79.3 cm³/mol. The molecule has 0 aliphatic rings. The zero-order valence-corrected chi connectivity index (χ0v) is 11.4. The van der Waals surface area contributed by atoms with Crippen molar-refractivity contribution in [2.24, 2.45) is 0 Å². The Balaban J connectivity index is 1.91. The molecule has 110 valence electrons. The topological polar surface area (TPSA) is 78.8 Å². The Morgan fingerprint density at radius 1 is 1.10 bits per heavy atom. The molecule has 1 atom stereocenters. The number of ether oxygens (including phenoxy) is 1. The number of aliphatic carboxylic acids is 1. The van der Waals surface area contributed by atoms with E-state index in [9.17, 15) is 4.79 Å². The highest BCUT2D eigenvalue weighted by molar-refractivity contribution is 5.77. The lowest BCUT2D eigenvalue weighted by molar-refractivity contribution is -0.138. The number of carbonyl (C=O) groups is 1. The summed E-state index contributed by atoms with van der Waals surface area (Å²) in [6.07, 6.45) is 0. The molecule has 0 bridgehead atoms. The van der Waals surface area contributed by atoms with Gasteiger partial charge in [0.05, 0.1) is 6.61 Å². The number of aliphatic hydroxyl groups excluding tert-OH is 1. The Morgan fingerprint density at radius 3 is 2.33 bits per heavy atom. The first kappa shape index (κ1) is 14.9. The summed E-state index contributed by atoms with van der Waals surface area (Å²) in [6.45, 7) is 0.00357. The van der Waals surface area contributed by atoms with E-state index in [-0.39, 0.29) is 0 Å². The number of aliphatic hydroxyl groups is 1. The quantitative estimate of drug-likeness (QED) is 0.727. The Hall–Kier alpha value is -2.53. The predicted octanol–water partition coefficient (Wildman–Crippen LogP) is 2.12. The van der Waals surface area contributed by atoms with Gasteiger partial charge in [-0.05, 0) is 29.8 Å². The number of carboxylic acid groups (broad SMARTS) is 1. The number of anilines is 1. The maximum atomic E-state index is 10.8. The van der Waals surface area contributed by atoms with Crippen molar-refractivity contribution in [1.29, 1.82) is 0 Å². The molecule has 0 saturated heterocycles. The average molecular weight is 287 g/mol. The molecule has 0 fully saturated rings. The van der Waals surface area contributed by atoms with Gasteiger partial charge in [0.1, 0.15) is 18.4 Å². The normalized spacial score (nSPS) is 11.7. The van der Waals surface area contributed by atoms with Gasteiger partial charge >= 0.3 is 5.97 Å². The fourth-order valence-electron chi connectivity index (χ4n) is 1.77. The van der Waals surface area contributed by atoms with Crippen LogP contribution in [-0.4, -0.2) is 28.8 Å². The van der Waals surface area contributed by atoms with Crippen LogP contribution in [0.25, 0.3) is 0 Å². The summed E-state index contributed by atoms with van der Waals surface area (Å²) in [5.74, 6) is -0.401. The minimum atomic E-state index is -1.10. The van der Waals surface area contributed by atoms with Crippen molar-refractivity contribution in [3.05, 3.63) is 60.2 Å². The van der Waals surface area contributed by atoms with Crippen molar-refractivity contribution in [2.75, 3.05) is 11.9 Å². The van der Waals surface area contributed by atoms with Crippen molar-refractivity contribution in [3.8, 4) is 5.75 Å². The summed E-state index contributed by atoms with van der Waals surface area (Å²) in [5, 5.41) is 20.5. The van der Waals surface area contributed by atoms with Crippen LogP contribution < -0.4 is 10.1 Å². The van der Waals surface area contributed by atoms with Gasteiger partial charge in [0, 0.05) is 5.69 Å². The van der Waals surface area contributed by atoms with E-state index < -0.39 is 18.6 Å². The molecule has 0 spiro atoms. The number of nitrogens with one attached hydrogen (secondary N) is 1. The number of rotatable bonds is 7. The fourth-order valence-corrected chi connectivity index (χ4v) is 1.77. The van der Waals surface area contributed by atoms with Gasteiger partial charge in [0.15, 0.2) is 0 Å². The summed E-state index contributed by atoms with van der Waals surface area (Å²) in [5.41, 5.74) is 1.69. The first-order chi connectivity index (χ1) is 10.2. The lowest BCUT2D eigenvalue weighted by atomic mass is 10.2. The largest absolute Gasteiger partial charge is 0.489 e.